The van der Waals surface area contributed by atoms with Crippen molar-refractivity contribution in [3.8, 4) is 0 Å². The second-order valence-corrected chi connectivity index (χ2v) is 5.23. The fourth-order valence-electron chi connectivity index (χ4n) is 2.67. The molecule has 0 radical (unpaired) electrons. The van der Waals surface area contributed by atoms with Gasteiger partial charge in [-0.15, -0.1) is 0 Å². The summed E-state index contributed by atoms with van der Waals surface area (Å²) in [5.41, 5.74) is 0.422. The van der Waals surface area contributed by atoms with Gasteiger partial charge in [0.15, 0.2) is 0 Å². The minimum absolute atomic E-state index is 0.0314. The number of aryl methyl sites for hydroxylation is 1. The lowest BCUT2D eigenvalue weighted by molar-refractivity contribution is -0.385. The van der Waals surface area contributed by atoms with E-state index in [1.807, 2.05) is 0 Å². The molecule has 1 aliphatic carbocycles. The van der Waals surface area contributed by atoms with Crippen molar-refractivity contribution in [1.82, 2.24) is 5.32 Å². The number of benzene rings is 1. The molecule has 21 heavy (non-hydrogen) atoms. The Balaban J connectivity index is 2.22. The first-order valence-electron chi connectivity index (χ1n) is 6.69. The molecule has 0 aromatic heterocycles. The normalized spacial score (nSPS) is 21.0. The van der Waals surface area contributed by atoms with Gasteiger partial charge in [0.1, 0.15) is 5.56 Å². The van der Waals surface area contributed by atoms with Gasteiger partial charge >= 0.3 is 5.97 Å². The van der Waals surface area contributed by atoms with E-state index in [2.05, 4.69) is 5.32 Å². The molecule has 112 valence electrons. The van der Waals surface area contributed by atoms with E-state index in [1.54, 1.807) is 13.0 Å². The van der Waals surface area contributed by atoms with Crippen LogP contribution in [0.5, 0.6) is 0 Å². The third-order valence-electron chi connectivity index (χ3n) is 3.74. The van der Waals surface area contributed by atoms with Crippen molar-refractivity contribution < 1.29 is 19.6 Å². The molecule has 2 N–H and O–H groups in total. The van der Waals surface area contributed by atoms with Crippen molar-refractivity contribution >= 4 is 17.6 Å². The zero-order valence-corrected chi connectivity index (χ0v) is 11.5. The molecular formula is C14H16N2O5. The number of carboxylic acids is 1. The van der Waals surface area contributed by atoms with Crippen LogP contribution in [0.1, 0.15) is 35.2 Å². The summed E-state index contributed by atoms with van der Waals surface area (Å²) >= 11 is 0. The molecule has 7 nitrogen and oxygen atoms in total. The Morgan fingerprint density at radius 2 is 2.10 bits per heavy atom. The quantitative estimate of drug-likeness (QED) is 0.650. The van der Waals surface area contributed by atoms with Gasteiger partial charge in [-0.25, -0.2) is 0 Å². The summed E-state index contributed by atoms with van der Waals surface area (Å²) in [7, 11) is 0. The summed E-state index contributed by atoms with van der Waals surface area (Å²) in [5.74, 6) is -2.17. The molecule has 1 aliphatic rings. The Morgan fingerprint density at radius 3 is 2.71 bits per heavy atom. The Morgan fingerprint density at radius 1 is 1.38 bits per heavy atom. The number of hydrogen-bond donors (Lipinski definition) is 2. The van der Waals surface area contributed by atoms with Crippen molar-refractivity contribution in [3.05, 3.63) is 39.4 Å². The zero-order chi connectivity index (χ0) is 15.6. The number of nitrogens with zero attached hydrogens (tertiary/aromatic N) is 1. The Kier molecular flexibility index (Phi) is 4.21. The number of rotatable bonds is 4. The summed E-state index contributed by atoms with van der Waals surface area (Å²) in [6.45, 7) is 1.73. The maximum Gasteiger partial charge on any atom is 0.308 e. The van der Waals surface area contributed by atoms with Crippen LogP contribution in [0.3, 0.4) is 0 Å². The predicted molar refractivity (Wildman–Crippen MR) is 74.1 cm³/mol. The van der Waals surface area contributed by atoms with Crippen LogP contribution >= 0.6 is 0 Å². The highest BCUT2D eigenvalue weighted by Crippen LogP contribution is 2.27. The molecule has 7 heteroatoms. The number of amides is 1. The van der Waals surface area contributed by atoms with Gasteiger partial charge in [0.05, 0.1) is 10.8 Å². The smallest absolute Gasteiger partial charge is 0.308 e. The minimum Gasteiger partial charge on any atom is -0.481 e. The lowest BCUT2D eigenvalue weighted by Gasteiger charge is -2.17. The number of carboxylic acid groups (broad SMARTS) is 1. The van der Waals surface area contributed by atoms with Gasteiger partial charge in [0, 0.05) is 12.1 Å². The molecule has 2 atom stereocenters. The lowest BCUT2D eigenvalue weighted by atomic mass is 10.0. The average Bonchev–Trinajstić information content (AvgIpc) is 2.86. The summed E-state index contributed by atoms with van der Waals surface area (Å²) < 4.78 is 0. The first-order chi connectivity index (χ1) is 9.90. The van der Waals surface area contributed by atoms with E-state index >= 15 is 0 Å². The number of aliphatic carboxylic acids is 1. The van der Waals surface area contributed by atoms with Crippen LogP contribution in [0.25, 0.3) is 0 Å². The monoisotopic (exact) mass is 292 g/mol. The average molecular weight is 292 g/mol. The molecule has 0 bridgehead atoms. The van der Waals surface area contributed by atoms with Crippen molar-refractivity contribution in [3.63, 3.8) is 0 Å². The van der Waals surface area contributed by atoms with Crippen molar-refractivity contribution in [2.45, 2.75) is 32.2 Å². The second-order valence-electron chi connectivity index (χ2n) is 5.23. The number of nitrogens with one attached hydrogen (secondary N) is 1. The van der Waals surface area contributed by atoms with Gasteiger partial charge in [0.25, 0.3) is 11.6 Å². The van der Waals surface area contributed by atoms with Crippen LogP contribution in [0.2, 0.25) is 0 Å². The summed E-state index contributed by atoms with van der Waals surface area (Å²) in [4.78, 5) is 33.7. The van der Waals surface area contributed by atoms with Gasteiger partial charge in [-0.3, -0.25) is 19.7 Å². The zero-order valence-electron chi connectivity index (χ0n) is 11.5. The van der Waals surface area contributed by atoms with Crippen LogP contribution in [0.15, 0.2) is 18.2 Å². The number of nitro benzene ring substituents is 1. The molecule has 1 aromatic rings. The fourth-order valence-corrected chi connectivity index (χ4v) is 2.67. The molecule has 0 spiro atoms. The molecule has 1 aromatic carbocycles. The van der Waals surface area contributed by atoms with Gasteiger partial charge in [-0.1, -0.05) is 12.5 Å². The Hall–Kier alpha value is -2.44. The molecule has 1 fully saturated rings. The maximum atomic E-state index is 12.2. The SMILES string of the molecule is Cc1ccc([N+](=O)[O-])c(C(=O)NC2CCCC2C(=O)O)c1. The molecule has 2 unspecified atom stereocenters. The molecule has 2 rings (SSSR count). The van der Waals surface area contributed by atoms with E-state index in [9.17, 15) is 19.7 Å². The van der Waals surface area contributed by atoms with E-state index in [0.29, 0.717) is 12.8 Å². The Labute approximate surface area is 121 Å². The topological polar surface area (TPSA) is 110 Å². The van der Waals surface area contributed by atoms with Gasteiger partial charge in [-0.2, -0.15) is 0 Å². The summed E-state index contributed by atoms with van der Waals surface area (Å²) in [5, 5.41) is 22.7. The highest BCUT2D eigenvalue weighted by atomic mass is 16.6. The summed E-state index contributed by atoms with van der Waals surface area (Å²) in [6.07, 6.45) is 1.80. The minimum atomic E-state index is -0.948. The van der Waals surface area contributed by atoms with Crippen molar-refractivity contribution in [2.24, 2.45) is 5.92 Å². The van der Waals surface area contributed by atoms with E-state index in [-0.39, 0.29) is 11.3 Å². The molecule has 0 heterocycles. The largest absolute Gasteiger partial charge is 0.481 e. The molecule has 0 saturated heterocycles. The number of carbonyl (C=O) groups is 2. The molecule has 0 aliphatic heterocycles. The van der Waals surface area contributed by atoms with Gasteiger partial charge < -0.3 is 10.4 Å². The highest BCUT2D eigenvalue weighted by Gasteiger charge is 2.35. The summed E-state index contributed by atoms with van der Waals surface area (Å²) in [6, 6.07) is 3.81. The van der Waals surface area contributed by atoms with E-state index in [1.165, 1.54) is 12.1 Å². The van der Waals surface area contributed by atoms with Gasteiger partial charge in [0.2, 0.25) is 0 Å². The van der Waals surface area contributed by atoms with Crippen molar-refractivity contribution in [1.29, 1.82) is 0 Å². The maximum absolute atomic E-state index is 12.2. The van der Waals surface area contributed by atoms with Crippen LogP contribution in [0, 0.1) is 23.0 Å². The predicted octanol–water partition coefficient (Wildman–Crippen LogP) is 1.89. The van der Waals surface area contributed by atoms with E-state index < -0.39 is 28.8 Å². The van der Waals surface area contributed by atoms with E-state index in [0.717, 1.165) is 12.0 Å². The number of carbonyl (C=O) groups excluding carboxylic acids is 1. The lowest BCUT2D eigenvalue weighted by Crippen LogP contribution is -2.40. The third kappa shape index (κ3) is 3.18. The van der Waals surface area contributed by atoms with Crippen LogP contribution in [0.4, 0.5) is 5.69 Å². The first-order valence-corrected chi connectivity index (χ1v) is 6.69. The fraction of sp³-hybridized carbons (Fsp3) is 0.429. The molecule has 1 saturated carbocycles. The highest BCUT2D eigenvalue weighted by molar-refractivity contribution is 5.98. The number of hydrogen-bond acceptors (Lipinski definition) is 4. The van der Waals surface area contributed by atoms with Gasteiger partial charge in [-0.05, 0) is 31.4 Å². The van der Waals surface area contributed by atoms with Crippen LogP contribution in [-0.4, -0.2) is 27.9 Å². The Bertz CT molecular complexity index is 599. The van der Waals surface area contributed by atoms with E-state index in [4.69, 9.17) is 5.11 Å². The van der Waals surface area contributed by atoms with Crippen LogP contribution < -0.4 is 5.32 Å². The number of nitro groups is 1. The first kappa shape index (κ1) is 15.0. The standard InChI is InChI=1S/C14H16N2O5/c1-8-5-6-12(16(20)21)10(7-8)13(17)15-11-4-2-3-9(11)14(18)19/h5-7,9,11H,2-4H2,1H3,(H,15,17)(H,18,19). The second kappa shape index (κ2) is 5.90. The third-order valence-corrected chi connectivity index (χ3v) is 3.74. The van der Waals surface area contributed by atoms with Crippen molar-refractivity contribution in [2.75, 3.05) is 0 Å². The molecule has 1 amide bonds. The van der Waals surface area contributed by atoms with Crippen LogP contribution in [-0.2, 0) is 4.79 Å². The molecular weight excluding hydrogens is 276 g/mol.